The topological polar surface area (TPSA) is 191 Å². The van der Waals surface area contributed by atoms with Crippen LogP contribution in [0.2, 0.25) is 0 Å². The Morgan fingerprint density at radius 3 is 2.15 bits per heavy atom. The van der Waals surface area contributed by atoms with Gasteiger partial charge in [0.1, 0.15) is 0 Å². The summed E-state index contributed by atoms with van der Waals surface area (Å²) in [6, 6.07) is 0. The lowest BCUT2D eigenvalue weighted by Gasteiger charge is -2.03. The van der Waals surface area contributed by atoms with Crippen molar-refractivity contribution < 1.29 is 38.9 Å². The molecule has 1 fully saturated rings. The van der Waals surface area contributed by atoms with Gasteiger partial charge in [-0.2, -0.15) is 0 Å². The van der Waals surface area contributed by atoms with Crippen molar-refractivity contribution in [3.05, 3.63) is 72.8 Å². The molecule has 0 unspecified atom stereocenters. The molecule has 1 saturated heterocycles. The monoisotopic (exact) mass is 644 g/mol. The summed E-state index contributed by atoms with van der Waals surface area (Å²) in [5.74, 6) is -3.13. The molecule has 0 saturated carbocycles. The molecular formula is C35H40N4O8. The van der Waals surface area contributed by atoms with Gasteiger partial charge in [-0.15, -0.1) is 0 Å². The standard InChI is InChI=1S/C35H40N4O8/c1-7-22-20(5)34(45)39-29(22)15-27-18(3)24(9-11-33(43)44)31(37-27)16-30-23(8-10-32(41)42)17(2)26(36-30)14-28-19(4)25(35(46)38-28)12-13-47-21(6)40/h7,14-16,20,36-37H,8-13H2,1-6H3,(H,39,45)(H,41,42)(H,43,44)/b22-7+,26-14-,29-15-,30-16-/t20-/m1/s1. The fraction of sp³-hybridized carbons (Fsp3) is 0.371. The number of H-pyrrole nitrogens is 2. The molecule has 12 nitrogen and oxygen atoms in total. The van der Waals surface area contributed by atoms with E-state index in [1.165, 1.54) is 6.92 Å². The molecule has 2 aliphatic heterocycles. The molecule has 1 atom stereocenters. The van der Waals surface area contributed by atoms with Crippen LogP contribution in [-0.4, -0.2) is 62.2 Å². The highest BCUT2D eigenvalue weighted by Gasteiger charge is 2.29. The molecule has 47 heavy (non-hydrogen) atoms. The average molecular weight is 645 g/mol. The second-order valence-corrected chi connectivity index (χ2v) is 11.7. The van der Waals surface area contributed by atoms with Gasteiger partial charge in [-0.25, -0.2) is 4.99 Å². The number of hydrogen-bond acceptors (Lipinski definition) is 6. The number of carbonyl (C=O) groups is 5. The molecule has 2 aromatic rings. The van der Waals surface area contributed by atoms with E-state index in [0.717, 1.165) is 27.8 Å². The molecule has 0 radical (unpaired) electrons. The van der Waals surface area contributed by atoms with Gasteiger partial charge in [0, 0.05) is 59.5 Å². The number of nitrogens with zero attached hydrogens (tertiary/aromatic N) is 1. The van der Waals surface area contributed by atoms with Gasteiger partial charge in [0.25, 0.3) is 5.91 Å². The maximum atomic E-state index is 12.7. The predicted molar refractivity (Wildman–Crippen MR) is 176 cm³/mol. The molecule has 2 aliphatic rings. The molecule has 2 aromatic heterocycles. The summed E-state index contributed by atoms with van der Waals surface area (Å²) in [6.07, 6.45) is 7.81. The summed E-state index contributed by atoms with van der Waals surface area (Å²) in [5.41, 5.74) is 7.62. The van der Waals surface area contributed by atoms with Crippen molar-refractivity contribution in [3.8, 4) is 0 Å². The lowest BCUT2D eigenvalue weighted by molar-refractivity contribution is -0.141. The number of aromatic amines is 2. The van der Waals surface area contributed by atoms with Crippen molar-refractivity contribution in [2.45, 2.75) is 73.6 Å². The van der Waals surface area contributed by atoms with Crippen molar-refractivity contribution in [2.24, 2.45) is 10.9 Å². The van der Waals surface area contributed by atoms with E-state index in [9.17, 15) is 34.2 Å². The highest BCUT2D eigenvalue weighted by atomic mass is 16.5. The maximum absolute atomic E-state index is 12.7. The smallest absolute Gasteiger partial charge is 0.303 e. The van der Waals surface area contributed by atoms with Crippen LogP contribution in [0.4, 0.5) is 0 Å². The first kappa shape index (κ1) is 34.6. The van der Waals surface area contributed by atoms with Crippen molar-refractivity contribution in [1.29, 1.82) is 0 Å². The number of carbonyl (C=O) groups excluding carboxylic acids is 3. The van der Waals surface area contributed by atoms with E-state index in [2.05, 4.69) is 20.3 Å². The number of hydrogen-bond donors (Lipinski definition) is 5. The first-order valence-electron chi connectivity index (χ1n) is 15.4. The summed E-state index contributed by atoms with van der Waals surface area (Å²) in [4.78, 5) is 70.3. The number of aromatic nitrogens is 2. The largest absolute Gasteiger partial charge is 0.481 e. The molecular weight excluding hydrogens is 604 g/mol. The molecule has 0 aromatic carbocycles. The number of ether oxygens (including phenoxy) is 1. The Balaban J connectivity index is 1.85. The van der Waals surface area contributed by atoms with E-state index in [1.807, 2.05) is 45.9 Å². The molecule has 4 heterocycles. The first-order valence-corrected chi connectivity index (χ1v) is 15.4. The Morgan fingerprint density at radius 1 is 0.872 bits per heavy atom. The van der Waals surface area contributed by atoms with Crippen molar-refractivity contribution in [1.82, 2.24) is 15.3 Å². The fourth-order valence-corrected chi connectivity index (χ4v) is 5.95. The van der Waals surface area contributed by atoms with Gasteiger partial charge in [0.05, 0.1) is 18.2 Å². The number of aliphatic imine (C=N–C) groups is 1. The zero-order valence-corrected chi connectivity index (χ0v) is 27.4. The van der Waals surface area contributed by atoms with Gasteiger partial charge < -0.3 is 30.2 Å². The van der Waals surface area contributed by atoms with Crippen molar-refractivity contribution in [2.75, 3.05) is 6.61 Å². The van der Waals surface area contributed by atoms with Gasteiger partial charge in [-0.3, -0.25) is 24.0 Å². The second-order valence-electron chi connectivity index (χ2n) is 11.7. The highest BCUT2D eigenvalue weighted by molar-refractivity contribution is 6.30. The Labute approximate surface area is 271 Å². The summed E-state index contributed by atoms with van der Waals surface area (Å²) in [6.45, 7) is 10.6. The van der Waals surface area contributed by atoms with E-state index in [1.54, 1.807) is 13.0 Å². The number of carboxylic acids is 2. The van der Waals surface area contributed by atoms with Crippen LogP contribution >= 0.6 is 0 Å². The Bertz CT molecular complexity index is 1920. The lowest BCUT2D eigenvalue weighted by Crippen LogP contribution is -2.16. The van der Waals surface area contributed by atoms with Crippen LogP contribution in [0.5, 0.6) is 0 Å². The molecule has 0 aliphatic carbocycles. The highest BCUT2D eigenvalue weighted by Crippen LogP contribution is 2.29. The Morgan fingerprint density at radius 2 is 1.53 bits per heavy atom. The van der Waals surface area contributed by atoms with Gasteiger partial charge in [-0.05, 0) is 99.1 Å². The van der Waals surface area contributed by atoms with Gasteiger partial charge in [0.15, 0.2) is 0 Å². The third-order valence-electron chi connectivity index (χ3n) is 8.65. The van der Waals surface area contributed by atoms with Crippen LogP contribution in [0.1, 0.15) is 80.6 Å². The molecule has 5 N–H and O–H groups in total. The Hall–Kier alpha value is -5.26. The van der Waals surface area contributed by atoms with E-state index >= 15 is 0 Å². The van der Waals surface area contributed by atoms with Crippen LogP contribution in [0.3, 0.4) is 0 Å². The van der Waals surface area contributed by atoms with Crippen LogP contribution < -0.4 is 16.0 Å². The second kappa shape index (κ2) is 14.4. The maximum Gasteiger partial charge on any atom is 0.303 e. The molecule has 2 amide bonds. The summed E-state index contributed by atoms with van der Waals surface area (Å²) in [5, 5.41) is 23.1. The number of nitrogens with one attached hydrogen (secondary N) is 3. The van der Waals surface area contributed by atoms with Crippen molar-refractivity contribution >= 4 is 53.7 Å². The molecule has 0 spiro atoms. The number of rotatable bonds is 12. The van der Waals surface area contributed by atoms with Gasteiger partial charge in [0.2, 0.25) is 5.91 Å². The molecule has 248 valence electrons. The summed E-state index contributed by atoms with van der Waals surface area (Å²) >= 11 is 0. The summed E-state index contributed by atoms with van der Waals surface area (Å²) in [7, 11) is 0. The summed E-state index contributed by atoms with van der Waals surface area (Å²) < 4.78 is 5.00. The third-order valence-corrected chi connectivity index (χ3v) is 8.65. The fourth-order valence-electron chi connectivity index (χ4n) is 5.95. The van der Waals surface area contributed by atoms with E-state index in [4.69, 9.17) is 4.74 Å². The molecule has 12 heteroatoms. The average Bonchev–Trinajstić information content (AvgIpc) is 3.64. The van der Waals surface area contributed by atoms with E-state index in [0.29, 0.717) is 44.6 Å². The Kier molecular flexibility index (Phi) is 10.6. The van der Waals surface area contributed by atoms with Crippen LogP contribution in [0.25, 0.3) is 18.2 Å². The first-order chi connectivity index (χ1) is 22.2. The SMILES string of the molecule is C/C=C1/C(=C/c2[nH]c(/C=c3\[nH]/c(=C\C4=NC(=O)C(CCOC(C)=O)=C4C)c(C)c3CCC(=O)O)c(CCC(=O)O)c2C)NC(=O)[C@@H]1C. The minimum Gasteiger partial charge on any atom is -0.481 e. The number of allylic oxidation sites excluding steroid dienone is 3. The minimum atomic E-state index is -0.955. The number of aliphatic carboxylic acids is 2. The predicted octanol–water partition coefficient (Wildman–Crippen LogP) is 2.91. The number of amides is 2. The quantitative estimate of drug-likeness (QED) is 0.218. The van der Waals surface area contributed by atoms with Crippen LogP contribution in [-0.2, 0) is 41.6 Å². The number of carboxylic acid groups (broad SMARTS) is 2. The van der Waals surface area contributed by atoms with Gasteiger partial charge >= 0.3 is 17.9 Å². The minimum absolute atomic E-state index is 0.0659. The normalized spacial score (nSPS) is 18.9. The van der Waals surface area contributed by atoms with Crippen LogP contribution in [0.15, 0.2) is 33.5 Å². The lowest BCUT2D eigenvalue weighted by atomic mass is 10.00. The third kappa shape index (κ3) is 7.76. The molecule has 4 rings (SSSR count). The van der Waals surface area contributed by atoms with Gasteiger partial charge in [-0.1, -0.05) is 6.08 Å². The van der Waals surface area contributed by atoms with E-state index < -0.39 is 23.8 Å². The zero-order chi connectivity index (χ0) is 34.6. The molecule has 0 bridgehead atoms. The number of esters is 1. The zero-order valence-electron chi connectivity index (χ0n) is 27.4. The van der Waals surface area contributed by atoms with Crippen molar-refractivity contribution in [3.63, 3.8) is 0 Å². The van der Waals surface area contributed by atoms with E-state index in [-0.39, 0.29) is 50.5 Å². The van der Waals surface area contributed by atoms with Crippen LogP contribution in [0, 0.1) is 19.8 Å².